The van der Waals surface area contributed by atoms with Crippen molar-refractivity contribution < 1.29 is 14.3 Å². The Morgan fingerprint density at radius 3 is 2.64 bits per heavy atom. The molecule has 3 atom stereocenters. The molecular formula is C10H17ClO3. The van der Waals surface area contributed by atoms with E-state index in [9.17, 15) is 4.79 Å². The zero-order valence-electron chi connectivity index (χ0n) is 8.66. The van der Waals surface area contributed by atoms with Gasteiger partial charge in [-0.1, -0.05) is 24.9 Å². The van der Waals surface area contributed by atoms with E-state index in [1.54, 1.807) is 6.92 Å². The van der Waals surface area contributed by atoms with Crippen LogP contribution in [0.3, 0.4) is 0 Å². The summed E-state index contributed by atoms with van der Waals surface area (Å²) in [4.78, 5) is 11.1. The molecule has 0 amide bonds. The average Bonchev–Trinajstić information content (AvgIpc) is 2.07. The molecule has 1 aliphatic rings. The summed E-state index contributed by atoms with van der Waals surface area (Å²) in [5, 5.41) is 0. The maximum Gasteiger partial charge on any atom is 0.510 e. The highest BCUT2D eigenvalue weighted by molar-refractivity contribution is 6.19. The molecule has 0 saturated heterocycles. The van der Waals surface area contributed by atoms with Crippen LogP contribution in [0.1, 0.15) is 39.5 Å². The lowest BCUT2D eigenvalue weighted by atomic mass is 9.88. The van der Waals surface area contributed by atoms with Crippen molar-refractivity contribution >= 4 is 17.8 Å². The van der Waals surface area contributed by atoms with E-state index < -0.39 is 11.7 Å². The zero-order valence-corrected chi connectivity index (χ0v) is 9.42. The first-order valence-electron chi connectivity index (χ1n) is 5.11. The zero-order chi connectivity index (χ0) is 10.6. The van der Waals surface area contributed by atoms with Crippen LogP contribution in [0.4, 0.5) is 4.79 Å². The normalized spacial score (nSPS) is 29.4. The van der Waals surface area contributed by atoms with Crippen molar-refractivity contribution in [2.75, 3.05) is 0 Å². The fourth-order valence-corrected chi connectivity index (χ4v) is 1.81. The van der Waals surface area contributed by atoms with Crippen LogP contribution < -0.4 is 0 Å². The summed E-state index contributed by atoms with van der Waals surface area (Å²) < 4.78 is 9.87. The second-order valence-electron chi connectivity index (χ2n) is 3.83. The van der Waals surface area contributed by atoms with Gasteiger partial charge in [-0.25, -0.2) is 4.79 Å². The van der Waals surface area contributed by atoms with Gasteiger partial charge >= 0.3 is 6.16 Å². The smallest absolute Gasteiger partial charge is 0.431 e. The van der Waals surface area contributed by atoms with Gasteiger partial charge in [0.25, 0.3) is 0 Å². The van der Waals surface area contributed by atoms with Crippen molar-refractivity contribution in [1.29, 1.82) is 0 Å². The molecule has 4 heteroatoms. The third-order valence-corrected chi connectivity index (χ3v) is 2.63. The molecule has 14 heavy (non-hydrogen) atoms. The largest absolute Gasteiger partial charge is 0.510 e. The quantitative estimate of drug-likeness (QED) is 0.529. The number of carbonyl (C=O) groups is 1. The molecule has 1 rings (SSSR count). The Morgan fingerprint density at radius 1 is 1.43 bits per heavy atom. The van der Waals surface area contributed by atoms with E-state index in [-0.39, 0.29) is 6.10 Å². The van der Waals surface area contributed by atoms with Crippen molar-refractivity contribution in [3.63, 3.8) is 0 Å². The SMILES string of the molecule is CC(Cl)OC(=O)OC1CCCCC1C. The van der Waals surface area contributed by atoms with Crippen LogP contribution in [0, 0.1) is 5.92 Å². The molecule has 82 valence electrons. The first kappa shape index (κ1) is 11.6. The summed E-state index contributed by atoms with van der Waals surface area (Å²) in [5.41, 5.74) is -0.624. The number of carbonyl (C=O) groups excluding carboxylic acids is 1. The molecule has 0 aliphatic heterocycles. The van der Waals surface area contributed by atoms with Gasteiger partial charge in [-0.2, -0.15) is 0 Å². The van der Waals surface area contributed by atoms with Gasteiger partial charge in [0.15, 0.2) is 5.56 Å². The summed E-state index contributed by atoms with van der Waals surface area (Å²) in [6, 6.07) is 0. The second kappa shape index (κ2) is 5.44. The molecule has 0 radical (unpaired) electrons. The average molecular weight is 221 g/mol. The summed E-state index contributed by atoms with van der Waals surface area (Å²) >= 11 is 5.50. The predicted octanol–water partition coefficient (Wildman–Crippen LogP) is 3.30. The number of hydrogen-bond acceptors (Lipinski definition) is 3. The Bertz CT molecular complexity index is 194. The van der Waals surface area contributed by atoms with E-state index in [1.807, 2.05) is 0 Å². The summed E-state index contributed by atoms with van der Waals surface area (Å²) in [6.07, 6.45) is 3.76. The fraction of sp³-hybridized carbons (Fsp3) is 0.900. The Balaban J connectivity index is 2.31. The lowest BCUT2D eigenvalue weighted by Crippen LogP contribution is -2.29. The van der Waals surface area contributed by atoms with Crippen molar-refractivity contribution in [3.05, 3.63) is 0 Å². The molecule has 0 bridgehead atoms. The fourth-order valence-electron chi connectivity index (χ4n) is 1.74. The highest BCUT2D eigenvalue weighted by Crippen LogP contribution is 2.26. The molecule has 3 unspecified atom stereocenters. The summed E-state index contributed by atoms with van der Waals surface area (Å²) in [7, 11) is 0. The second-order valence-corrected chi connectivity index (χ2v) is 4.44. The monoisotopic (exact) mass is 220 g/mol. The van der Waals surface area contributed by atoms with Crippen LogP contribution in [0.2, 0.25) is 0 Å². The molecule has 0 aromatic heterocycles. The third-order valence-electron chi connectivity index (χ3n) is 2.54. The van der Waals surface area contributed by atoms with Gasteiger partial charge in [-0.3, -0.25) is 0 Å². The van der Waals surface area contributed by atoms with E-state index in [2.05, 4.69) is 6.92 Å². The molecule has 1 saturated carbocycles. The molecule has 1 fully saturated rings. The maximum absolute atomic E-state index is 11.1. The van der Waals surface area contributed by atoms with Gasteiger partial charge in [0.05, 0.1) is 0 Å². The first-order valence-corrected chi connectivity index (χ1v) is 5.54. The first-order chi connectivity index (χ1) is 6.59. The van der Waals surface area contributed by atoms with Crippen LogP contribution >= 0.6 is 11.6 Å². The van der Waals surface area contributed by atoms with Crippen LogP contribution in [0.5, 0.6) is 0 Å². The number of alkyl halides is 1. The van der Waals surface area contributed by atoms with Gasteiger partial charge in [0.1, 0.15) is 6.10 Å². The minimum absolute atomic E-state index is 0.00617. The van der Waals surface area contributed by atoms with E-state index >= 15 is 0 Å². The molecular weight excluding hydrogens is 204 g/mol. The number of halogens is 1. The van der Waals surface area contributed by atoms with E-state index in [0.29, 0.717) is 5.92 Å². The van der Waals surface area contributed by atoms with Crippen molar-refractivity contribution in [3.8, 4) is 0 Å². The van der Waals surface area contributed by atoms with Gasteiger partial charge in [-0.05, 0) is 32.1 Å². The topological polar surface area (TPSA) is 35.5 Å². The molecule has 0 N–H and O–H groups in total. The standard InChI is InChI=1S/C10H17ClO3/c1-7-5-3-4-6-9(7)14-10(12)13-8(2)11/h7-9H,3-6H2,1-2H3. The number of hydrogen-bond donors (Lipinski definition) is 0. The van der Waals surface area contributed by atoms with Crippen LogP contribution in [-0.2, 0) is 9.47 Å². The summed E-state index contributed by atoms with van der Waals surface area (Å²) in [5.74, 6) is 0.432. The predicted molar refractivity (Wildman–Crippen MR) is 54.3 cm³/mol. The van der Waals surface area contributed by atoms with Gasteiger partial charge in [0.2, 0.25) is 0 Å². The van der Waals surface area contributed by atoms with Crippen LogP contribution in [0.25, 0.3) is 0 Å². The van der Waals surface area contributed by atoms with Crippen LogP contribution in [0.15, 0.2) is 0 Å². The van der Waals surface area contributed by atoms with Crippen molar-refractivity contribution in [1.82, 2.24) is 0 Å². The molecule has 1 aliphatic carbocycles. The lowest BCUT2D eigenvalue weighted by Gasteiger charge is -2.27. The van der Waals surface area contributed by atoms with Crippen LogP contribution in [-0.4, -0.2) is 17.8 Å². The molecule has 0 heterocycles. The summed E-state index contributed by atoms with van der Waals surface area (Å²) in [6.45, 7) is 3.69. The molecule has 0 aromatic rings. The van der Waals surface area contributed by atoms with E-state index in [4.69, 9.17) is 21.1 Å². The van der Waals surface area contributed by atoms with Crippen molar-refractivity contribution in [2.45, 2.75) is 51.2 Å². The third kappa shape index (κ3) is 3.74. The Hall–Kier alpha value is -0.440. The van der Waals surface area contributed by atoms with E-state index in [0.717, 1.165) is 19.3 Å². The number of ether oxygens (including phenoxy) is 2. The molecule has 0 aromatic carbocycles. The highest BCUT2D eigenvalue weighted by Gasteiger charge is 2.25. The molecule has 0 spiro atoms. The van der Waals surface area contributed by atoms with Gasteiger partial charge in [0, 0.05) is 0 Å². The Morgan fingerprint density at radius 2 is 2.07 bits per heavy atom. The van der Waals surface area contributed by atoms with E-state index in [1.165, 1.54) is 6.42 Å². The maximum atomic E-state index is 11.1. The van der Waals surface area contributed by atoms with Gasteiger partial charge in [-0.15, -0.1) is 0 Å². The minimum atomic E-state index is -0.647. The highest BCUT2D eigenvalue weighted by atomic mass is 35.5. The van der Waals surface area contributed by atoms with Gasteiger partial charge < -0.3 is 9.47 Å². The Kier molecular flexibility index (Phi) is 4.52. The van der Waals surface area contributed by atoms with Crippen molar-refractivity contribution in [2.24, 2.45) is 5.92 Å². The molecule has 3 nitrogen and oxygen atoms in total. The number of rotatable bonds is 2. The lowest BCUT2D eigenvalue weighted by molar-refractivity contribution is -0.0117. The Labute approximate surface area is 89.7 Å². The minimum Gasteiger partial charge on any atom is -0.431 e.